The van der Waals surface area contributed by atoms with Crippen LogP contribution < -0.4 is 10.6 Å². The van der Waals surface area contributed by atoms with Crippen LogP contribution in [0.2, 0.25) is 0 Å². The maximum Gasteiger partial charge on any atom is 0.223 e. The molecule has 0 bridgehead atoms. The molecule has 2 atom stereocenters. The molecule has 92 valence electrons. The molecule has 0 saturated heterocycles. The van der Waals surface area contributed by atoms with Crippen molar-refractivity contribution in [2.45, 2.75) is 45.6 Å². The molecule has 0 heterocycles. The molecule has 0 radical (unpaired) electrons. The Morgan fingerprint density at radius 1 is 1.19 bits per heavy atom. The number of amides is 1. The smallest absolute Gasteiger partial charge is 0.223 e. The van der Waals surface area contributed by atoms with Crippen molar-refractivity contribution in [1.29, 1.82) is 0 Å². The zero-order valence-corrected chi connectivity index (χ0v) is 10.5. The summed E-state index contributed by atoms with van der Waals surface area (Å²) in [6, 6.07) is 0.500. The molecular weight excluding hydrogens is 200 g/mol. The number of nitrogens with one attached hydrogen (secondary N) is 2. The van der Waals surface area contributed by atoms with Crippen molar-refractivity contribution in [3.63, 3.8) is 0 Å². The fourth-order valence-electron chi connectivity index (χ4n) is 3.05. The van der Waals surface area contributed by atoms with Gasteiger partial charge < -0.3 is 10.6 Å². The number of hydrogen-bond acceptors (Lipinski definition) is 2. The second-order valence-electron chi connectivity index (χ2n) is 5.54. The first-order valence-electron chi connectivity index (χ1n) is 6.71. The minimum absolute atomic E-state index is 0.308. The maximum atomic E-state index is 11.9. The van der Waals surface area contributed by atoms with Crippen molar-refractivity contribution in [3.05, 3.63) is 0 Å². The first-order chi connectivity index (χ1) is 7.70. The molecule has 0 aromatic rings. The number of fused-ring (bicyclic) bond motifs is 1. The fraction of sp³-hybridized carbons (Fsp3) is 0.923. The van der Waals surface area contributed by atoms with E-state index < -0.39 is 0 Å². The van der Waals surface area contributed by atoms with Crippen LogP contribution in [0.1, 0.15) is 39.5 Å². The molecular formula is C13H24N2O. The van der Waals surface area contributed by atoms with Gasteiger partial charge in [-0.1, -0.05) is 26.7 Å². The van der Waals surface area contributed by atoms with Crippen LogP contribution in [-0.4, -0.2) is 25.0 Å². The average molecular weight is 224 g/mol. The van der Waals surface area contributed by atoms with Crippen molar-refractivity contribution in [2.24, 2.45) is 17.8 Å². The number of hydrogen-bond donors (Lipinski definition) is 2. The summed E-state index contributed by atoms with van der Waals surface area (Å²) in [5, 5.41) is 6.36. The molecule has 0 spiro atoms. The SMILES string of the molecule is CC(C)NCCNC(=O)C1C2CCCCC21. The van der Waals surface area contributed by atoms with Gasteiger partial charge in [0, 0.05) is 25.0 Å². The Morgan fingerprint density at radius 2 is 1.81 bits per heavy atom. The summed E-state index contributed by atoms with van der Waals surface area (Å²) in [4.78, 5) is 11.9. The Balaban J connectivity index is 1.62. The molecule has 2 aliphatic carbocycles. The standard InChI is InChI=1S/C13H24N2O/c1-9(2)14-7-8-15-13(16)12-10-5-3-4-6-11(10)12/h9-12,14H,3-8H2,1-2H3,(H,15,16). The lowest BCUT2D eigenvalue weighted by Crippen LogP contribution is -2.35. The third-order valence-electron chi connectivity index (χ3n) is 3.94. The number of carbonyl (C=O) groups is 1. The normalized spacial score (nSPS) is 32.3. The van der Waals surface area contributed by atoms with Crippen LogP contribution in [-0.2, 0) is 4.79 Å². The van der Waals surface area contributed by atoms with E-state index in [0.29, 0.717) is 17.9 Å². The summed E-state index contributed by atoms with van der Waals surface area (Å²) >= 11 is 0. The first-order valence-corrected chi connectivity index (χ1v) is 6.71. The third-order valence-corrected chi connectivity index (χ3v) is 3.94. The van der Waals surface area contributed by atoms with Gasteiger partial charge in [0.2, 0.25) is 5.91 Å². The molecule has 1 amide bonds. The van der Waals surface area contributed by atoms with Crippen molar-refractivity contribution in [3.8, 4) is 0 Å². The van der Waals surface area contributed by atoms with Gasteiger partial charge in [0.1, 0.15) is 0 Å². The zero-order valence-electron chi connectivity index (χ0n) is 10.5. The van der Waals surface area contributed by atoms with E-state index >= 15 is 0 Å². The average Bonchev–Trinajstić information content (AvgIpc) is 2.98. The highest BCUT2D eigenvalue weighted by atomic mass is 16.2. The molecule has 2 unspecified atom stereocenters. The highest BCUT2D eigenvalue weighted by Crippen LogP contribution is 2.55. The summed E-state index contributed by atoms with van der Waals surface area (Å²) in [6.45, 7) is 5.90. The minimum Gasteiger partial charge on any atom is -0.355 e. The van der Waals surface area contributed by atoms with Gasteiger partial charge in [0.15, 0.2) is 0 Å². The summed E-state index contributed by atoms with van der Waals surface area (Å²) in [6.07, 6.45) is 5.24. The predicted octanol–water partition coefficient (Wildman–Crippen LogP) is 1.54. The molecule has 3 heteroatoms. The van der Waals surface area contributed by atoms with Crippen LogP contribution in [0.4, 0.5) is 0 Å². The molecule has 2 rings (SSSR count). The molecule has 2 N–H and O–H groups in total. The lowest BCUT2D eigenvalue weighted by Gasteiger charge is -2.08. The van der Waals surface area contributed by atoms with E-state index in [-0.39, 0.29) is 0 Å². The number of rotatable bonds is 5. The minimum atomic E-state index is 0.308. The lowest BCUT2D eigenvalue weighted by atomic mass is 10.0. The highest BCUT2D eigenvalue weighted by Gasteiger charge is 2.54. The summed E-state index contributed by atoms with van der Waals surface area (Å²) in [7, 11) is 0. The van der Waals surface area contributed by atoms with Crippen molar-refractivity contribution in [1.82, 2.24) is 10.6 Å². The second kappa shape index (κ2) is 5.17. The Hall–Kier alpha value is -0.570. The van der Waals surface area contributed by atoms with Crippen molar-refractivity contribution >= 4 is 5.91 Å². The van der Waals surface area contributed by atoms with Gasteiger partial charge in [-0.15, -0.1) is 0 Å². The summed E-state index contributed by atoms with van der Waals surface area (Å²) < 4.78 is 0. The first kappa shape index (κ1) is 11.9. The van der Waals surface area contributed by atoms with E-state index in [1.54, 1.807) is 0 Å². The van der Waals surface area contributed by atoms with Gasteiger partial charge >= 0.3 is 0 Å². The lowest BCUT2D eigenvalue weighted by molar-refractivity contribution is -0.122. The topological polar surface area (TPSA) is 41.1 Å². The van der Waals surface area contributed by atoms with E-state index in [2.05, 4.69) is 24.5 Å². The largest absolute Gasteiger partial charge is 0.355 e. The van der Waals surface area contributed by atoms with Gasteiger partial charge in [-0.05, 0) is 24.7 Å². The Labute approximate surface area is 98.4 Å². The van der Waals surface area contributed by atoms with Crippen molar-refractivity contribution < 1.29 is 4.79 Å². The van der Waals surface area contributed by atoms with Gasteiger partial charge in [0.05, 0.1) is 0 Å². The molecule has 16 heavy (non-hydrogen) atoms. The fourth-order valence-corrected chi connectivity index (χ4v) is 3.05. The molecule has 2 aliphatic rings. The van der Waals surface area contributed by atoms with E-state index in [0.717, 1.165) is 24.9 Å². The van der Waals surface area contributed by atoms with E-state index in [1.807, 2.05) is 0 Å². The van der Waals surface area contributed by atoms with Crippen LogP contribution in [0.25, 0.3) is 0 Å². The summed E-state index contributed by atoms with van der Waals surface area (Å²) in [5.41, 5.74) is 0. The van der Waals surface area contributed by atoms with Gasteiger partial charge in [0.25, 0.3) is 0 Å². The number of carbonyl (C=O) groups excluding carboxylic acids is 1. The van der Waals surface area contributed by atoms with E-state index in [9.17, 15) is 4.79 Å². The maximum absolute atomic E-state index is 11.9. The molecule has 3 nitrogen and oxygen atoms in total. The highest BCUT2D eigenvalue weighted by molar-refractivity contribution is 5.82. The van der Waals surface area contributed by atoms with Crippen LogP contribution >= 0.6 is 0 Å². The Kier molecular flexibility index (Phi) is 3.85. The van der Waals surface area contributed by atoms with Crippen LogP contribution in [0, 0.1) is 17.8 Å². The zero-order chi connectivity index (χ0) is 11.5. The third kappa shape index (κ3) is 2.76. The summed E-state index contributed by atoms with van der Waals surface area (Å²) in [5.74, 6) is 2.13. The molecule has 0 aromatic carbocycles. The quantitative estimate of drug-likeness (QED) is 0.695. The second-order valence-corrected chi connectivity index (χ2v) is 5.54. The van der Waals surface area contributed by atoms with Gasteiger partial charge in [-0.2, -0.15) is 0 Å². The predicted molar refractivity (Wildman–Crippen MR) is 65.1 cm³/mol. The Morgan fingerprint density at radius 3 is 2.38 bits per heavy atom. The molecule has 2 fully saturated rings. The van der Waals surface area contributed by atoms with Gasteiger partial charge in [-0.3, -0.25) is 4.79 Å². The van der Waals surface area contributed by atoms with E-state index in [1.165, 1.54) is 25.7 Å². The molecule has 0 aromatic heterocycles. The molecule has 0 aliphatic heterocycles. The van der Waals surface area contributed by atoms with Crippen LogP contribution in [0.5, 0.6) is 0 Å². The molecule has 2 saturated carbocycles. The van der Waals surface area contributed by atoms with Crippen molar-refractivity contribution in [2.75, 3.05) is 13.1 Å². The Bertz CT molecular complexity index is 240. The van der Waals surface area contributed by atoms with E-state index in [4.69, 9.17) is 0 Å². The van der Waals surface area contributed by atoms with Gasteiger partial charge in [-0.25, -0.2) is 0 Å². The monoisotopic (exact) mass is 224 g/mol. The van der Waals surface area contributed by atoms with Crippen LogP contribution in [0.3, 0.4) is 0 Å². The van der Waals surface area contributed by atoms with Crippen LogP contribution in [0.15, 0.2) is 0 Å².